The van der Waals surface area contributed by atoms with Crippen LogP contribution in [0.2, 0.25) is 5.02 Å². The zero-order chi connectivity index (χ0) is 18.5. The predicted octanol–water partition coefficient (Wildman–Crippen LogP) is 4.99. The van der Waals surface area contributed by atoms with Crippen LogP contribution in [0, 0.1) is 6.92 Å². The van der Waals surface area contributed by atoms with Crippen molar-refractivity contribution in [3.05, 3.63) is 62.4 Å². The summed E-state index contributed by atoms with van der Waals surface area (Å²) in [6.45, 7) is 2.08. The average molecular weight is 397 g/mol. The number of nitrogens with one attached hydrogen (secondary N) is 1. The molecule has 2 aliphatic rings. The summed E-state index contributed by atoms with van der Waals surface area (Å²) in [4.78, 5) is 18.7. The van der Waals surface area contributed by atoms with Gasteiger partial charge in [-0.15, -0.1) is 16.4 Å². The number of carbonyl (C=O) groups is 1. The van der Waals surface area contributed by atoms with Gasteiger partial charge in [-0.25, -0.2) is 4.68 Å². The van der Waals surface area contributed by atoms with E-state index in [0.717, 1.165) is 34.6 Å². The summed E-state index contributed by atoms with van der Waals surface area (Å²) in [5.41, 5.74) is 3.85. The van der Waals surface area contributed by atoms with Crippen molar-refractivity contribution in [3.8, 4) is 11.4 Å². The molecule has 0 bridgehead atoms. The summed E-state index contributed by atoms with van der Waals surface area (Å²) in [6, 6.07) is 9.38. The van der Waals surface area contributed by atoms with Crippen LogP contribution in [0.3, 0.4) is 0 Å². The number of hydrogen-bond donors (Lipinski definition) is 1. The monoisotopic (exact) mass is 396 g/mol. The third-order valence-corrected chi connectivity index (χ3v) is 6.41. The molecule has 1 aliphatic carbocycles. The smallest absolute Gasteiger partial charge is 0.226 e. The van der Waals surface area contributed by atoms with Crippen LogP contribution < -0.4 is 5.32 Å². The largest absolute Gasteiger partial charge is 0.328 e. The summed E-state index contributed by atoms with van der Waals surface area (Å²) in [7, 11) is 0. The lowest BCUT2D eigenvalue weighted by Crippen LogP contribution is -2.31. The van der Waals surface area contributed by atoms with Crippen LogP contribution in [-0.2, 0) is 4.79 Å². The minimum absolute atomic E-state index is 0.201. The molecule has 1 aromatic carbocycles. The fourth-order valence-corrected chi connectivity index (χ4v) is 5.02. The number of carbonyl (C=O) groups excluding carboxylic acids is 1. The second-order valence-corrected chi connectivity index (χ2v) is 8.26. The molecule has 2 aromatic heterocycles. The van der Waals surface area contributed by atoms with Gasteiger partial charge in [0, 0.05) is 33.2 Å². The van der Waals surface area contributed by atoms with Crippen molar-refractivity contribution in [2.75, 3.05) is 5.32 Å². The number of rotatable bonds is 2. The quantitative estimate of drug-likeness (QED) is 0.662. The second kappa shape index (κ2) is 6.32. The zero-order valence-corrected chi connectivity index (χ0v) is 16.3. The van der Waals surface area contributed by atoms with E-state index in [1.165, 1.54) is 5.56 Å². The van der Waals surface area contributed by atoms with Crippen LogP contribution in [0.15, 0.2) is 47.0 Å². The van der Waals surface area contributed by atoms with Crippen molar-refractivity contribution in [2.24, 2.45) is 0 Å². The topological polar surface area (TPSA) is 59.8 Å². The molecule has 1 atom stereocenters. The van der Waals surface area contributed by atoms with Crippen LogP contribution in [0.5, 0.6) is 0 Å². The fraction of sp³-hybridized carbons (Fsp3) is 0.250. The first-order valence-corrected chi connectivity index (χ1v) is 10.2. The Kier molecular flexibility index (Phi) is 3.91. The molecule has 5 nitrogen and oxygen atoms in total. The van der Waals surface area contributed by atoms with Gasteiger partial charge >= 0.3 is 0 Å². The highest BCUT2D eigenvalue weighted by Gasteiger charge is 2.38. The normalized spacial score (nSPS) is 18.9. The summed E-state index contributed by atoms with van der Waals surface area (Å²) >= 11 is 7.80. The van der Waals surface area contributed by atoms with Gasteiger partial charge in [-0.3, -0.25) is 4.79 Å². The Hall–Kier alpha value is -2.44. The van der Waals surface area contributed by atoms with E-state index in [2.05, 4.69) is 23.7 Å². The van der Waals surface area contributed by atoms with Gasteiger partial charge in [0.2, 0.25) is 5.95 Å². The number of thiophene rings is 1. The molecule has 5 rings (SSSR count). The van der Waals surface area contributed by atoms with Crippen molar-refractivity contribution in [3.63, 3.8) is 0 Å². The van der Waals surface area contributed by atoms with Crippen molar-refractivity contribution in [2.45, 2.75) is 32.2 Å². The van der Waals surface area contributed by atoms with Crippen molar-refractivity contribution in [1.29, 1.82) is 0 Å². The standard InChI is InChI=1S/C20H17ClN4OS/c1-11-8-9-27-18(11)17-16-14(6-3-7-15(16)26)22-20-23-19(24-25(17)20)12-4-2-5-13(21)10-12/h2,4-5,8-10,17H,3,6-7H2,1H3,(H,22,23,24). The average Bonchev–Trinajstić information content (AvgIpc) is 3.26. The summed E-state index contributed by atoms with van der Waals surface area (Å²) in [5, 5.41) is 10.8. The lowest BCUT2D eigenvalue weighted by Gasteiger charge is -2.31. The van der Waals surface area contributed by atoms with E-state index in [-0.39, 0.29) is 11.8 Å². The molecule has 0 fully saturated rings. The van der Waals surface area contributed by atoms with E-state index in [9.17, 15) is 4.79 Å². The number of benzene rings is 1. The van der Waals surface area contributed by atoms with Gasteiger partial charge < -0.3 is 5.32 Å². The van der Waals surface area contributed by atoms with Gasteiger partial charge in [0.25, 0.3) is 0 Å². The lowest BCUT2D eigenvalue weighted by molar-refractivity contribution is -0.116. The number of aromatic nitrogens is 3. The summed E-state index contributed by atoms with van der Waals surface area (Å²) in [6.07, 6.45) is 2.32. The van der Waals surface area contributed by atoms with Crippen LogP contribution in [0.4, 0.5) is 5.95 Å². The van der Waals surface area contributed by atoms with E-state index < -0.39 is 0 Å². The molecule has 3 aromatic rings. The SMILES string of the molecule is Cc1ccsc1C1C2=C(CCCC2=O)Nc2nc(-c3cccc(Cl)c3)nn21. The molecule has 3 heterocycles. The number of fused-ring (bicyclic) bond motifs is 1. The van der Waals surface area contributed by atoms with Gasteiger partial charge in [-0.05, 0) is 48.9 Å². The Morgan fingerprint density at radius 3 is 2.96 bits per heavy atom. The van der Waals surface area contributed by atoms with Crippen LogP contribution in [0.25, 0.3) is 11.4 Å². The van der Waals surface area contributed by atoms with E-state index in [1.807, 2.05) is 28.9 Å². The van der Waals surface area contributed by atoms with Crippen LogP contribution in [0.1, 0.15) is 35.7 Å². The molecular formula is C20H17ClN4OS. The molecule has 27 heavy (non-hydrogen) atoms. The molecule has 0 saturated carbocycles. The number of anilines is 1. The van der Waals surface area contributed by atoms with E-state index >= 15 is 0 Å². The second-order valence-electron chi connectivity index (χ2n) is 6.88. The number of allylic oxidation sites excluding steroid dienone is 2. The molecule has 0 amide bonds. The molecule has 7 heteroatoms. The third-order valence-electron chi connectivity index (χ3n) is 5.10. The fourth-order valence-electron chi connectivity index (χ4n) is 3.81. The van der Waals surface area contributed by atoms with Crippen molar-refractivity contribution in [1.82, 2.24) is 14.8 Å². The number of halogens is 1. The highest BCUT2D eigenvalue weighted by atomic mass is 35.5. The number of Topliss-reactive ketones (excluding diaryl/α,β-unsaturated/α-hetero) is 1. The van der Waals surface area contributed by atoms with Crippen LogP contribution >= 0.6 is 22.9 Å². The zero-order valence-electron chi connectivity index (χ0n) is 14.7. The lowest BCUT2D eigenvalue weighted by atomic mass is 9.87. The Balaban J connectivity index is 1.69. The first kappa shape index (κ1) is 16.7. The van der Waals surface area contributed by atoms with Crippen molar-refractivity contribution >= 4 is 34.7 Å². The molecule has 0 spiro atoms. The first-order valence-electron chi connectivity index (χ1n) is 8.91. The minimum Gasteiger partial charge on any atom is -0.328 e. The Labute approximate surface area is 165 Å². The molecule has 0 saturated heterocycles. The number of nitrogens with zero attached hydrogens (tertiary/aromatic N) is 3. The van der Waals surface area contributed by atoms with E-state index in [4.69, 9.17) is 21.7 Å². The highest BCUT2D eigenvalue weighted by molar-refractivity contribution is 7.10. The summed E-state index contributed by atoms with van der Waals surface area (Å²) < 4.78 is 1.86. The Bertz CT molecular complexity index is 1100. The number of aryl methyl sites for hydroxylation is 1. The summed E-state index contributed by atoms with van der Waals surface area (Å²) in [5.74, 6) is 1.48. The molecule has 136 valence electrons. The maximum absolute atomic E-state index is 12.8. The van der Waals surface area contributed by atoms with Crippen LogP contribution in [-0.4, -0.2) is 20.5 Å². The molecule has 1 unspecified atom stereocenters. The molecular weight excluding hydrogens is 380 g/mol. The Morgan fingerprint density at radius 2 is 2.19 bits per heavy atom. The van der Waals surface area contributed by atoms with Gasteiger partial charge in [-0.2, -0.15) is 4.98 Å². The van der Waals surface area contributed by atoms with Gasteiger partial charge in [0.1, 0.15) is 6.04 Å². The maximum Gasteiger partial charge on any atom is 0.226 e. The van der Waals surface area contributed by atoms with E-state index in [1.54, 1.807) is 11.3 Å². The molecule has 0 radical (unpaired) electrons. The highest BCUT2D eigenvalue weighted by Crippen LogP contribution is 2.43. The molecule has 1 N–H and O–H groups in total. The third kappa shape index (κ3) is 2.71. The number of ketones is 1. The minimum atomic E-state index is -0.218. The first-order chi connectivity index (χ1) is 13.1. The number of hydrogen-bond acceptors (Lipinski definition) is 5. The predicted molar refractivity (Wildman–Crippen MR) is 107 cm³/mol. The van der Waals surface area contributed by atoms with Gasteiger partial charge in [0.15, 0.2) is 11.6 Å². The maximum atomic E-state index is 12.8. The Morgan fingerprint density at radius 1 is 1.30 bits per heavy atom. The molecule has 1 aliphatic heterocycles. The van der Waals surface area contributed by atoms with Gasteiger partial charge in [-0.1, -0.05) is 23.7 Å². The van der Waals surface area contributed by atoms with Gasteiger partial charge in [0.05, 0.1) is 0 Å². The van der Waals surface area contributed by atoms with E-state index in [0.29, 0.717) is 23.2 Å². The van der Waals surface area contributed by atoms with Crippen molar-refractivity contribution < 1.29 is 4.79 Å².